The molecule has 0 bridgehead atoms. The maximum absolute atomic E-state index is 11.3. The normalized spacial score (nSPS) is 18.2. The van der Waals surface area contributed by atoms with Gasteiger partial charge in [-0.3, -0.25) is 9.78 Å². The minimum Gasteiger partial charge on any atom is -0.497 e. The molecule has 0 amide bonds. The Labute approximate surface area is 221 Å². The molecule has 0 aliphatic carbocycles. The third kappa shape index (κ3) is 8.03. The zero-order valence-electron chi connectivity index (χ0n) is 22.5. The van der Waals surface area contributed by atoms with Crippen molar-refractivity contribution in [3.63, 3.8) is 0 Å². The van der Waals surface area contributed by atoms with E-state index >= 15 is 0 Å². The number of carboxylic acids is 1. The number of benzene rings is 2. The Morgan fingerprint density at radius 1 is 1.05 bits per heavy atom. The van der Waals surface area contributed by atoms with Crippen molar-refractivity contribution in [2.24, 2.45) is 11.8 Å². The molecular formula is C32H42N2O3. The van der Waals surface area contributed by atoms with Crippen LogP contribution in [-0.4, -0.2) is 47.7 Å². The molecule has 0 radical (unpaired) electrons. The van der Waals surface area contributed by atoms with Gasteiger partial charge in [0.05, 0.1) is 12.6 Å². The molecule has 1 aliphatic heterocycles. The first-order valence-electron chi connectivity index (χ1n) is 13.9. The van der Waals surface area contributed by atoms with Gasteiger partial charge in [-0.25, -0.2) is 0 Å². The number of unbranched alkanes of at least 4 members (excludes halogenated alkanes) is 1. The van der Waals surface area contributed by atoms with E-state index in [4.69, 9.17) is 4.74 Å². The van der Waals surface area contributed by atoms with E-state index in [1.807, 2.05) is 18.3 Å². The standard InChI is InChI=1S/C32H42N2O3/c1-24-7-5-9-25(21-24)8-3-4-19-34-20-17-26(28(23-34)12-15-32(35)36)10-6-11-27-16-18-33-31-14-13-29(37-2)22-30(27)31/h5,7,9,13-14,16,18,21-22,26,28H,3-4,6,8,10-12,15,17,19-20,23H2,1-2H3,(H,35,36)/t26-,28+/m1/s1. The number of aliphatic carboxylic acids is 1. The maximum Gasteiger partial charge on any atom is 0.303 e. The molecule has 198 valence electrons. The molecule has 2 heterocycles. The van der Waals surface area contributed by atoms with E-state index in [1.165, 1.54) is 41.3 Å². The molecule has 37 heavy (non-hydrogen) atoms. The summed E-state index contributed by atoms with van der Waals surface area (Å²) in [4.78, 5) is 18.4. The van der Waals surface area contributed by atoms with Crippen molar-refractivity contribution in [2.45, 2.75) is 64.7 Å². The van der Waals surface area contributed by atoms with Gasteiger partial charge in [0.15, 0.2) is 0 Å². The van der Waals surface area contributed by atoms with Crippen LogP contribution in [-0.2, 0) is 17.6 Å². The molecule has 3 aromatic rings. The number of carbonyl (C=O) groups is 1. The topological polar surface area (TPSA) is 62.7 Å². The second-order valence-corrected chi connectivity index (χ2v) is 10.7. The summed E-state index contributed by atoms with van der Waals surface area (Å²) in [6.07, 6.45) is 10.9. The molecule has 0 saturated carbocycles. The average molecular weight is 503 g/mol. The predicted octanol–water partition coefficient (Wildman–Crippen LogP) is 6.70. The van der Waals surface area contributed by atoms with Crippen molar-refractivity contribution in [3.05, 3.63) is 71.4 Å². The number of aromatic nitrogens is 1. The summed E-state index contributed by atoms with van der Waals surface area (Å²) in [7, 11) is 1.70. The molecule has 0 unspecified atom stereocenters. The molecule has 1 fully saturated rings. The first-order valence-corrected chi connectivity index (χ1v) is 13.9. The van der Waals surface area contributed by atoms with Crippen molar-refractivity contribution >= 4 is 16.9 Å². The average Bonchev–Trinajstić information content (AvgIpc) is 2.90. The summed E-state index contributed by atoms with van der Waals surface area (Å²) in [5, 5.41) is 10.5. The number of ether oxygens (including phenoxy) is 1. The van der Waals surface area contributed by atoms with Gasteiger partial charge in [-0.05, 0) is 119 Å². The number of rotatable bonds is 13. The monoisotopic (exact) mass is 502 g/mol. The van der Waals surface area contributed by atoms with Crippen LogP contribution < -0.4 is 4.74 Å². The van der Waals surface area contributed by atoms with Gasteiger partial charge in [-0.15, -0.1) is 0 Å². The quantitative estimate of drug-likeness (QED) is 0.264. The van der Waals surface area contributed by atoms with E-state index < -0.39 is 5.97 Å². The van der Waals surface area contributed by atoms with Crippen LogP contribution in [0.1, 0.15) is 61.6 Å². The highest BCUT2D eigenvalue weighted by molar-refractivity contribution is 5.83. The molecule has 1 saturated heterocycles. The minimum absolute atomic E-state index is 0.275. The number of likely N-dealkylation sites (tertiary alicyclic amines) is 1. The van der Waals surface area contributed by atoms with Crippen LogP contribution in [0.4, 0.5) is 0 Å². The number of pyridine rings is 1. The second kappa shape index (κ2) is 13.6. The van der Waals surface area contributed by atoms with Crippen molar-refractivity contribution in [2.75, 3.05) is 26.7 Å². The second-order valence-electron chi connectivity index (χ2n) is 10.7. The fraction of sp³-hybridized carbons (Fsp3) is 0.500. The van der Waals surface area contributed by atoms with Gasteiger partial charge in [-0.1, -0.05) is 29.8 Å². The number of piperidine rings is 1. The van der Waals surface area contributed by atoms with Gasteiger partial charge in [0.1, 0.15) is 5.75 Å². The van der Waals surface area contributed by atoms with E-state index in [0.29, 0.717) is 11.8 Å². The zero-order valence-corrected chi connectivity index (χ0v) is 22.5. The van der Waals surface area contributed by atoms with Crippen LogP contribution in [0.15, 0.2) is 54.7 Å². The van der Waals surface area contributed by atoms with Gasteiger partial charge in [-0.2, -0.15) is 0 Å². The Hall–Kier alpha value is -2.92. The Bertz CT molecular complexity index is 1160. The summed E-state index contributed by atoms with van der Waals surface area (Å²) in [5.41, 5.74) is 5.08. The SMILES string of the molecule is COc1ccc2nccc(CCC[C@@H]3CCN(CCCCc4cccc(C)c4)C[C@@H]3CCC(=O)O)c2c1. The number of aryl methyl sites for hydroxylation is 3. The number of hydrogen-bond acceptors (Lipinski definition) is 4. The Kier molecular flexibility index (Phi) is 9.95. The van der Waals surface area contributed by atoms with Gasteiger partial charge >= 0.3 is 5.97 Å². The number of nitrogens with zero attached hydrogens (tertiary/aromatic N) is 2. The molecule has 1 aliphatic rings. The van der Waals surface area contributed by atoms with Crippen LogP contribution in [0.2, 0.25) is 0 Å². The van der Waals surface area contributed by atoms with Crippen molar-refractivity contribution in [3.8, 4) is 5.75 Å². The number of methoxy groups -OCH3 is 1. The molecule has 5 heteroatoms. The smallest absolute Gasteiger partial charge is 0.303 e. The minimum atomic E-state index is -0.675. The van der Waals surface area contributed by atoms with E-state index in [1.54, 1.807) is 7.11 Å². The molecule has 2 aromatic carbocycles. The maximum atomic E-state index is 11.3. The van der Waals surface area contributed by atoms with E-state index in [0.717, 1.165) is 63.0 Å². The van der Waals surface area contributed by atoms with Gasteiger partial charge in [0.2, 0.25) is 0 Å². The van der Waals surface area contributed by atoms with Crippen molar-refractivity contribution in [1.29, 1.82) is 0 Å². The van der Waals surface area contributed by atoms with Crippen molar-refractivity contribution < 1.29 is 14.6 Å². The lowest BCUT2D eigenvalue weighted by atomic mass is 9.79. The summed E-state index contributed by atoms with van der Waals surface area (Å²) in [6, 6.07) is 17.0. The van der Waals surface area contributed by atoms with Crippen LogP contribution >= 0.6 is 0 Å². The summed E-state index contributed by atoms with van der Waals surface area (Å²) in [5.74, 6) is 1.26. The van der Waals surface area contributed by atoms with Crippen LogP contribution in [0.5, 0.6) is 5.75 Å². The Morgan fingerprint density at radius 2 is 1.95 bits per heavy atom. The number of hydrogen-bond donors (Lipinski definition) is 1. The molecule has 1 N–H and O–H groups in total. The van der Waals surface area contributed by atoms with Crippen LogP contribution in [0, 0.1) is 18.8 Å². The fourth-order valence-electron chi connectivity index (χ4n) is 5.99. The van der Waals surface area contributed by atoms with E-state index in [2.05, 4.69) is 53.2 Å². The number of fused-ring (bicyclic) bond motifs is 1. The summed E-state index contributed by atoms with van der Waals surface area (Å²) >= 11 is 0. The molecule has 5 nitrogen and oxygen atoms in total. The highest BCUT2D eigenvalue weighted by Gasteiger charge is 2.29. The first kappa shape index (κ1) is 27.1. The lowest BCUT2D eigenvalue weighted by molar-refractivity contribution is -0.137. The summed E-state index contributed by atoms with van der Waals surface area (Å²) < 4.78 is 5.43. The van der Waals surface area contributed by atoms with E-state index in [9.17, 15) is 9.90 Å². The Balaban J connectivity index is 1.28. The molecular weight excluding hydrogens is 460 g/mol. The summed E-state index contributed by atoms with van der Waals surface area (Å²) in [6.45, 7) is 5.44. The zero-order chi connectivity index (χ0) is 26.0. The molecule has 1 aromatic heterocycles. The van der Waals surface area contributed by atoms with Crippen molar-refractivity contribution in [1.82, 2.24) is 9.88 Å². The first-order chi connectivity index (χ1) is 18.0. The third-order valence-electron chi connectivity index (χ3n) is 8.04. The predicted molar refractivity (Wildman–Crippen MR) is 150 cm³/mol. The highest BCUT2D eigenvalue weighted by atomic mass is 16.5. The van der Waals surface area contributed by atoms with Gasteiger partial charge < -0.3 is 14.7 Å². The third-order valence-corrected chi connectivity index (χ3v) is 8.04. The lowest BCUT2D eigenvalue weighted by Gasteiger charge is -2.39. The number of carboxylic acid groups (broad SMARTS) is 1. The van der Waals surface area contributed by atoms with E-state index in [-0.39, 0.29) is 6.42 Å². The Morgan fingerprint density at radius 3 is 2.76 bits per heavy atom. The lowest BCUT2D eigenvalue weighted by Crippen LogP contribution is -2.41. The van der Waals surface area contributed by atoms with Gasteiger partial charge in [0, 0.05) is 24.5 Å². The van der Waals surface area contributed by atoms with Gasteiger partial charge in [0.25, 0.3) is 0 Å². The largest absolute Gasteiger partial charge is 0.497 e. The molecule has 4 rings (SSSR count). The van der Waals surface area contributed by atoms with Crippen LogP contribution in [0.25, 0.3) is 10.9 Å². The fourth-order valence-corrected chi connectivity index (χ4v) is 5.99. The molecule has 2 atom stereocenters. The molecule has 0 spiro atoms. The highest BCUT2D eigenvalue weighted by Crippen LogP contribution is 2.32. The van der Waals surface area contributed by atoms with Crippen LogP contribution in [0.3, 0.4) is 0 Å².